The quantitative estimate of drug-likeness (QED) is 0.503. The average Bonchev–Trinajstić information content (AvgIpc) is 2.59. The molecule has 0 aromatic heterocycles. The average molecular weight is 190 g/mol. The molecule has 4 heteroatoms. The highest BCUT2D eigenvalue weighted by atomic mass is 16.3. The first-order valence-electron chi connectivity index (χ1n) is 4.95. The van der Waals surface area contributed by atoms with Crippen LogP contribution >= 0.6 is 0 Å². The van der Waals surface area contributed by atoms with E-state index in [4.69, 9.17) is 5.73 Å². The van der Waals surface area contributed by atoms with Gasteiger partial charge in [-0.3, -0.25) is 0 Å². The molecule has 0 amide bonds. The molecule has 1 aromatic rings. The van der Waals surface area contributed by atoms with Gasteiger partial charge in [-0.1, -0.05) is 17.6 Å². The van der Waals surface area contributed by atoms with E-state index in [1.165, 1.54) is 11.0 Å². The largest absolute Gasteiger partial charge is 0.390 e. The number of aliphatic hydroxyl groups excluding tert-OH is 1. The summed E-state index contributed by atoms with van der Waals surface area (Å²) in [4.78, 5) is 0. The molecule has 1 aromatic carbocycles. The van der Waals surface area contributed by atoms with E-state index >= 15 is 0 Å². The van der Waals surface area contributed by atoms with Crippen LogP contribution in [0, 0.1) is 0 Å². The van der Waals surface area contributed by atoms with Gasteiger partial charge in [0.25, 0.3) is 0 Å². The van der Waals surface area contributed by atoms with Crippen molar-refractivity contribution in [2.45, 2.75) is 18.6 Å². The summed E-state index contributed by atoms with van der Waals surface area (Å²) >= 11 is 0. The predicted octanol–water partition coefficient (Wildman–Crippen LogP) is -1.40. The van der Waals surface area contributed by atoms with Gasteiger partial charge < -0.3 is 16.2 Å². The van der Waals surface area contributed by atoms with E-state index in [0.717, 1.165) is 12.1 Å². The maximum Gasteiger partial charge on any atom is 0.139 e. The Morgan fingerprint density at radius 1 is 1.64 bits per heavy atom. The van der Waals surface area contributed by atoms with Crippen molar-refractivity contribution in [2.24, 2.45) is 5.73 Å². The van der Waals surface area contributed by atoms with Gasteiger partial charge >= 0.3 is 0 Å². The van der Waals surface area contributed by atoms with E-state index in [2.05, 4.69) is 31.4 Å². The summed E-state index contributed by atoms with van der Waals surface area (Å²) < 4.78 is 0. The number of benzene rings is 1. The standard InChI is InChI=1S/C10H15BN2O/c11-7-1-2-8-6(3-7)4-9(13-8)10(14)5-12/h1-3,9-10,13-14H,4-5,11-12H2. The SMILES string of the molecule is Bc1ccc2c(c1)CC(C(O)CN)N2. The van der Waals surface area contributed by atoms with Crippen molar-refractivity contribution in [3.8, 4) is 0 Å². The highest BCUT2D eigenvalue weighted by molar-refractivity contribution is 6.32. The molecular formula is C10H15BN2O. The smallest absolute Gasteiger partial charge is 0.139 e. The Bertz CT molecular complexity index is 343. The van der Waals surface area contributed by atoms with Crippen molar-refractivity contribution in [1.29, 1.82) is 0 Å². The van der Waals surface area contributed by atoms with Crippen molar-refractivity contribution < 1.29 is 5.11 Å². The Morgan fingerprint density at radius 3 is 3.14 bits per heavy atom. The highest BCUT2D eigenvalue weighted by Crippen LogP contribution is 2.25. The van der Waals surface area contributed by atoms with Crippen LogP contribution in [0.1, 0.15) is 5.56 Å². The molecule has 3 nitrogen and oxygen atoms in total. The van der Waals surface area contributed by atoms with Crippen LogP contribution < -0.4 is 16.5 Å². The number of nitrogens with one attached hydrogen (secondary N) is 1. The van der Waals surface area contributed by atoms with Crippen molar-refractivity contribution in [1.82, 2.24) is 0 Å². The number of rotatable bonds is 2. The second kappa shape index (κ2) is 3.63. The van der Waals surface area contributed by atoms with Gasteiger partial charge in [-0.15, -0.1) is 0 Å². The van der Waals surface area contributed by atoms with Crippen molar-refractivity contribution in [3.05, 3.63) is 23.8 Å². The fourth-order valence-corrected chi connectivity index (χ4v) is 1.92. The molecule has 2 atom stereocenters. The third kappa shape index (κ3) is 1.63. The third-order valence-corrected chi connectivity index (χ3v) is 2.75. The number of hydrogen-bond acceptors (Lipinski definition) is 3. The summed E-state index contributed by atoms with van der Waals surface area (Å²) in [6.45, 7) is 0.310. The van der Waals surface area contributed by atoms with E-state index < -0.39 is 6.10 Å². The van der Waals surface area contributed by atoms with Gasteiger partial charge in [-0.25, -0.2) is 0 Å². The molecule has 74 valence electrons. The minimum absolute atomic E-state index is 0.0804. The molecule has 1 aliphatic heterocycles. The minimum atomic E-state index is -0.456. The van der Waals surface area contributed by atoms with Gasteiger partial charge in [-0.2, -0.15) is 0 Å². The summed E-state index contributed by atoms with van der Waals surface area (Å²) in [6, 6.07) is 6.37. The van der Waals surface area contributed by atoms with Gasteiger partial charge in [0.05, 0.1) is 12.1 Å². The van der Waals surface area contributed by atoms with Crippen LogP contribution in [0.3, 0.4) is 0 Å². The molecule has 2 unspecified atom stereocenters. The Labute approximate surface area is 84.7 Å². The highest BCUT2D eigenvalue weighted by Gasteiger charge is 2.25. The topological polar surface area (TPSA) is 58.3 Å². The van der Waals surface area contributed by atoms with E-state index in [1.54, 1.807) is 0 Å². The summed E-state index contributed by atoms with van der Waals surface area (Å²) in [5.41, 5.74) is 9.10. The lowest BCUT2D eigenvalue weighted by Crippen LogP contribution is -2.37. The molecule has 0 spiro atoms. The first-order valence-corrected chi connectivity index (χ1v) is 4.95. The van der Waals surface area contributed by atoms with Crippen LogP contribution in [0.4, 0.5) is 5.69 Å². The molecule has 0 saturated carbocycles. The molecular weight excluding hydrogens is 175 g/mol. The molecule has 1 aliphatic rings. The van der Waals surface area contributed by atoms with Gasteiger partial charge in [0.15, 0.2) is 0 Å². The van der Waals surface area contributed by atoms with Crippen molar-refractivity contribution in [3.63, 3.8) is 0 Å². The Balaban J connectivity index is 2.17. The normalized spacial score (nSPS) is 21.4. The molecule has 1 heterocycles. The summed E-state index contributed by atoms with van der Waals surface area (Å²) in [7, 11) is 2.08. The molecule has 0 radical (unpaired) electrons. The number of nitrogens with two attached hydrogens (primary N) is 1. The first kappa shape index (κ1) is 9.56. The fraction of sp³-hybridized carbons (Fsp3) is 0.400. The Kier molecular flexibility index (Phi) is 2.48. The third-order valence-electron chi connectivity index (χ3n) is 2.75. The van der Waals surface area contributed by atoms with Gasteiger partial charge in [0.1, 0.15) is 7.85 Å². The van der Waals surface area contributed by atoms with Crippen LogP contribution in [-0.4, -0.2) is 31.6 Å². The lowest BCUT2D eigenvalue weighted by atomic mass is 9.93. The maximum atomic E-state index is 9.61. The molecule has 2 rings (SSSR count). The summed E-state index contributed by atoms with van der Waals surface area (Å²) in [5, 5.41) is 12.9. The number of anilines is 1. The molecule has 0 bridgehead atoms. The Morgan fingerprint density at radius 2 is 2.43 bits per heavy atom. The zero-order chi connectivity index (χ0) is 10.1. The lowest BCUT2D eigenvalue weighted by Gasteiger charge is -2.16. The van der Waals surface area contributed by atoms with Crippen LogP contribution in [0.25, 0.3) is 0 Å². The van der Waals surface area contributed by atoms with Crippen LogP contribution in [-0.2, 0) is 6.42 Å². The van der Waals surface area contributed by atoms with E-state index in [0.29, 0.717) is 6.54 Å². The molecule has 0 fully saturated rings. The minimum Gasteiger partial charge on any atom is -0.390 e. The molecule has 0 saturated heterocycles. The molecule has 0 aliphatic carbocycles. The van der Waals surface area contributed by atoms with Crippen molar-refractivity contribution >= 4 is 19.0 Å². The summed E-state index contributed by atoms with van der Waals surface area (Å²) in [6.07, 6.45) is 0.415. The fourth-order valence-electron chi connectivity index (χ4n) is 1.92. The van der Waals surface area contributed by atoms with E-state index in [-0.39, 0.29) is 6.04 Å². The Hall–Kier alpha value is -0.995. The number of aliphatic hydroxyl groups is 1. The van der Waals surface area contributed by atoms with Crippen LogP contribution in [0.15, 0.2) is 18.2 Å². The first-order chi connectivity index (χ1) is 6.70. The summed E-state index contributed by atoms with van der Waals surface area (Å²) in [5.74, 6) is 0. The zero-order valence-electron chi connectivity index (χ0n) is 8.33. The second-order valence-electron chi connectivity index (χ2n) is 3.92. The van der Waals surface area contributed by atoms with E-state index in [9.17, 15) is 5.11 Å². The lowest BCUT2D eigenvalue weighted by molar-refractivity contribution is 0.162. The number of hydrogen-bond donors (Lipinski definition) is 3. The van der Waals surface area contributed by atoms with Gasteiger partial charge in [-0.05, 0) is 18.1 Å². The molecule has 14 heavy (non-hydrogen) atoms. The van der Waals surface area contributed by atoms with Gasteiger partial charge in [0.2, 0.25) is 0 Å². The maximum absolute atomic E-state index is 9.61. The zero-order valence-corrected chi connectivity index (χ0v) is 8.33. The monoisotopic (exact) mass is 190 g/mol. The van der Waals surface area contributed by atoms with Crippen LogP contribution in [0.2, 0.25) is 0 Å². The van der Waals surface area contributed by atoms with Crippen molar-refractivity contribution in [2.75, 3.05) is 11.9 Å². The van der Waals surface area contributed by atoms with Crippen LogP contribution in [0.5, 0.6) is 0 Å². The predicted molar refractivity (Wildman–Crippen MR) is 60.8 cm³/mol. The second-order valence-corrected chi connectivity index (χ2v) is 3.92. The number of fused-ring (bicyclic) bond motifs is 1. The van der Waals surface area contributed by atoms with E-state index in [1.807, 2.05) is 0 Å². The van der Waals surface area contributed by atoms with Gasteiger partial charge in [0, 0.05) is 12.2 Å². The molecule has 4 N–H and O–H groups in total.